The largest absolute Gasteiger partial charge is 0.480 e. The fourth-order valence-electron chi connectivity index (χ4n) is 6.93. The van der Waals surface area contributed by atoms with E-state index < -0.39 is 5.97 Å². The highest BCUT2D eigenvalue weighted by molar-refractivity contribution is 8.18. The first kappa shape index (κ1) is 50.5. The molecule has 0 saturated heterocycles. The van der Waals surface area contributed by atoms with Gasteiger partial charge in [-0.1, -0.05) is 233 Å². The summed E-state index contributed by atoms with van der Waals surface area (Å²) in [6, 6.07) is 0. The second kappa shape index (κ2) is 43.9. The molecule has 0 amide bonds. The summed E-state index contributed by atoms with van der Waals surface area (Å²) in [5.41, 5.74) is 0. The normalized spacial score (nSPS) is 12.3. The van der Waals surface area contributed by atoms with E-state index in [2.05, 4.69) is 20.8 Å². The smallest absolute Gasteiger partial charge is 0.318 e. The molecule has 0 heterocycles. The van der Waals surface area contributed by atoms with Crippen molar-refractivity contribution in [3.63, 3.8) is 0 Å². The zero-order valence-electron chi connectivity index (χ0n) is 34.3. The van der Waals surface area contributed by atoms with Crippen LogP contribution in [-0.4, -0.2) is 38.2 Å². The predicted molar refractivity (Wildman–Crippen MR) is 236 cm³/mol. The average Bonchev–Trinajstić information content (AvgIpc) is 3.11. The van der Waals surface area contributed by atoms with Gasteiger partial charge in [0.25, 0.3) is 0 Å². The van der Waals surface area contributed by atoms with Gasteiger partial charge in [0, 0.05) is 0 Å². The molecule has 0 aliphatic heterocycles. The molecule has 0 radical (unpaired) electrons. The second-order valence-electron chi connectivity index (χ2n) is 15.4. The molecule has 0 aromatic rings. The molecule has 2 nitrogen and oxygen atoms in total. The Labute approximate surface area is 328 Å². The van der Waals surface area contributed by atoms with Crippen molar-refractivity contribution in [2.24, 2.45) is 0 Å². The zero-order chi connectivity index (χ0) is 36.4. The topological polar surface area (TPSA) is 37.3 Å². The molecule has 0 rings (SSSR count). The minimum Gasteiger partial charge on any atom is -0.480 e. The fraction of sp³-hybridized carbons (Fsp3) is 0.978. The number of hydrogen-bond acceptors (Lipinski definition) is 4. The predicted octanol–water partition coefficient (Wildman–Crippen LogP) is 17.1. The summed E-state index contributed by atoms with van der Waals surface area (Å²) in [5.74, 6) is 2.66. The lowest BCUT2D eigenvalue weighted by molar-refractivity contribution is -0.136. The molecule has 5 heteroatoms. The van der Waals surface area contributed by atoms with Crippen LogP contribution in [0.5, 0.6) is 0 Å². The van der Waals surface area contributed by atoms with Gasteiger partial charge in [-0.05, 0) is 36.5 Å². The van der Waals surface area contributed by atoms with E-state index in [1.807, 2.05) is 23.5 Å². The first-order chi connectivity index (χ1) is 24.7. The van der Waals surface area contributed by atoms with Crippen molar-refractivity contribution in [2.45, 2.75) is 262 Å². The van der Waals surface area contributed by atoms with Crippen molar-refractivity contribution in [3.05, 3.63) is 0 Å². The van der Waals surface area contributed by atoms with Gasteiger partial charge < -0.3 is 5.11 Å². The fourth-order valence-corrected chi connectivity index (χ4v) is 11.5. The maximum Gasteiger partial charge on any atom is 0.318 e. The molecule has 0 bridgehead atoms. The number of hydrogen-bond donors (Lipinski definition) is 1. The Bertz CT molecular complexity index is 620. The van der Waals surface area contributed by atoms with Crippen LogP contribution in [0.3, 0.4) is 0 Å². The Kier molecular flexibility index (Phi) is 44.4. The minimum absolute atomic E-state index is 0.190. The summed E-state index contributed by atoms with van der Waals surface area (Å²) in [4.78, 5) is 12.5. The van der Waals surface area contributed by atoms with Crippen LogP contribution in [0.1, 0.15) is 252 Å². The van der Waals surface area contributed by atoms with E-state index in [9.17, 15) is 9.90 Å². The van der Waals surface area contributed by atoms with Gasteiger partial charge in [0.15, 0.2) is 0 Å². The summed E-state index contributed by atoms with van der Waals surface area (Å²) in [6.07, 6.45) is 49.4. The Balaban J connectivity index is 4.25. The van der Waals surface area contributed by atoms with Crippen LogP contribution in [0.15, 0.2) is 0 Å². The van der Waals surface area contributed by atoms with Gasteiger partial charge in [0.2, 0.25) is 0 Å². The van der Waals surface area contributed by atoms with Crippen LogP contribution in [0, 0.1) is 0 Å². The highest BCUT2D eigenvalue weighted by atomic mass is 32.2. The molecular formula is C45H90O2S3. The Morgan fingerprint density at radius 2 is 0.540 bits per heavy atom. The van der Waals surface area contributed by atoms with Crippen LogP contribution < -0.4 is 0 Å². The highest BCUT2D eigenvalue weighted by Gasteiger charge is 2.29. The number of carbonyl (C=O) groups is 1. The lowest BCUT2D eigenvalue weighted by Crippen LogP contribution is -2.28. The third kappa shape index (κ3) is 38.3. The van der Waals surface area contributed by atoms with E-state index in [4.69, 9.17) is 0 Å². The molecule has 0 fully saturated rings. The molecule has 0 aliphatic rings. The molecule has 0 aromatic carbocycles. The molecule has 1 unspecified atom stereocenters. The molecule has 0 spiro atoms. The van der Waals surface area contributed by atoms with Crippen molar-refractivity contribution in [1.29, 1.82) is 0 Å². The van der Waals surface area contributed by atoms with Crippen molar-refractivity contribution >= 4 is 41.3 Å². The number of carboxylic acids is 1. The van der Waals surface area contributed by atoms with E-state index in [0.29, 0.717) is 0 Å². The van der Waals surface area contributed by atoms with Gasteiger partial charge in [0.1, 0.15) is 5.25 Å². The van der Waals surface area contributed by atoms with E-state index in [-0.39, 0.29) is 9.83 Å². The summed E-state index contributed by atoms with van der Waals surface area (Å²) in [5, 5.41) is 10.0. The zero-order valence-corrected chi connectivity index (χ0v) is 36.8. The second-order valence-corrected chi connectivity index (χ2v) is 19.5. The number of carboxylic acid groups (broad SMARTS) is 1. The summed E-state index contributed by atoms with van der Waals surface area (Å²) >= 11 is 5.68. The van der Waals surface area contributed by atoms with Crippen molar-refractivity contribution in [2.75, 3.05) is 17.3 Å². The molecule has 300 valence electrons. The van der Waals surface area contributed by atoms with Crippen LogP contribution in [0.25, 0.3) is 0 Å². The van der Waals surface area contributed by atoms with Crippen LogP contribution in [-0.2, 0) is 4.79 Å². The summed E-state index contributed by atoms with van der Waals surface area (Å²) in [7, 11) is 0. The first-order valence-corrected chi connectivity index (χ1v) is 25.9. The maximum absolute atomic E-state index is 12.5. The molecule has 0 aromatic heterocycles. The molecule has 1 atom stereocenters. The molecule has 50 heavy (non-hydrogen) atoms. The molecule has 0 aliphatic carbocycles. The Hall–Kier alpha value is 0.520. The Morgan fingerprint density at radius 3 is 0.760 bits per heavy atom. The Morgan fingerprint density at radius 1 is 0.340 bits per heavy atom. The number of unbranched alkanes of at least 4 members (excludes halogenated alkanes) is 33. The third-order valence-corrected chi connectivity index (χ3v) is 15.1. The lowest BCUT2D eigenvalue weighted by Gasteiger charge is -2.23. The molecular weight excluding hydrogens is 669 g/mol. The third-order valence-electron chi connectivity index (χ3n) is 10.3. The van der Waals surface area contributed by atoms with Crippen molar-refractivity contribution in [1.82, 2.24) is 0 Å². The van der Waals surface area contributed by atoms with Gasteiger partial charge in [-0.2, -0.15) is 0 Å². The van der Waals surface area contributed by atoms with E-state index in [1.165, 1.54) is 231 Å². The van der Waals surface area contributed by atoms with Gasteiger partial charge >= 0.3 is 5.97 Å². The van der Waals surface area contributed by atoms with E-state index in [1.54, 1.807) is 11.8 Å². The SMILES string of the molecule is CCCCCCCCCCCCCCCCCCSC(C(=O)O)C(SCCCCCCCCCCCC)SCCCCCCCCCCCC. The number of aliphatic carboxylic acids is 1. The number of rotatable bonds is 44. The standard InChI is InChI=1S/C45H90O2S3/c1-4-7-10-13-16-19-22-23-24-25-26-27-30-31-34-37-40-48-43(44(46)47)45(49-41-38-35-32-28-20-17-14-11-8-5-2)50-42-39-36-33-29-21-18-15-12-9-6-3/h43,45H,4-42H2,1-3H3,(H,46,47). The number of thioether (sulfide) groups is 3. The van der Waals surface area contributed by atoms with Crippen molar-refractivity contribution < 1.29 is 9.90 Å². The van der Waals surface area contributed by atoms with Gasteiger partial charge in [-0.15, -0.1) is 35.3 Å². The van der Waals surface area contributed by atoms with Crippen LogP contribution >= 0.6 is 35.3 Å². The summed E-state index contributed by atoms with van der Waals surface area (Å²) < 4.78 is 0.190. The van der Waals surface area contributed by atoms with Crippen LogP contribution in [0.4, 0.5) is 0 Å². The lowest BCUT2D eigenvalue weighted by atomic mass is 10.0. The van der Waals surface area contributed by atoms with Gasteiger partial charge in [-0.3, -0.25) is 4.79 Å². The van der Waals surface area contributed by atoms with Gasteiger partial charge in [0.05, 0.1) is 4.58 Å². The van der Waals surface area contributed by atoms with E-state index >= 15 is 0 Å². The molecule has 0 saturated carbocycles. The van der Waals surface area contributed by atoms with E-state index in [0.717, 1.165) is 17.3 Å². The quantitative estimate of drug-likeness (QED) is 0.0495. The maximum atomic E-state index is 12.5. The average molecular weight is 759 g/mol. The monoisotopic (exact) mass is 759 g/mol. The summed E-state index contributed by atoms with van der Waals surface area (Å²) in [6.45, 7) is 6.88. The van der Waals surface area contributed by atoms with Crippen molar-refractivity contribution in [3.8, 4) is 0 Å². The van der Waals surface area contributed by atoms with Crippen LogP contribution in [0.2, 0.25) is 0 Å². The first-order valence-electron chi connectivity index (χ1n) is 22.7. The molecule has 1 N–H and O–H groups in total. The highest BCUT2D eigenvalue weighted by Crippen LogP contribution is 2.36. The van der Waals surface area contributed by atoms with Gasteiger partial charge in [-0.25, -0.2) is 0 Å². The minimum atomic E-state index is -0.581.